The Morgan fingerprint density at radius 3 is 2.11 bits per heavy atom. The zero-order valence-electron chi connectivity index (χ0n) is 22.2. The molecular weight excluding hydrogens is 464 g/mol. The molecule has 0 bridgehead atoms. The van der Waals surface area contributed by atoms with Crippen LogP contribution < -0.4 is 0 Å². The van der Waals surface area contributed by atoms with Gasteiger partial charge in [0.1, 0.15) is 23.3 Å². The fourth-order valence-corrected chi connectivity index (χ4v) is 3.06. The first kappa shape index (κ1) is 28.5. The highest BCUT2D eigenvalue weighted by atomic mass is 16.6. The van der Waals surface area contributed by atoms with Crippen molar-refractivity contribution in [3.63, 3.8) is 0 Å². The van der Waals surface area contributed by atoms with E-state index in [0.717, 1.165) is 10.5 Å². The number of ether oxygens (including phenoxy) is 2. The minimum absolute atomic E-state index is 0.00815. The number of imidazole rings is 1. The Labute approximate surface area is 211 Å². The van der Waals surface area contributed by atoms with Crippen molar-refractivity contribution in [2.75, 3.05) is 6.54 Å². The second-order valence-electron chi connectivity index (χ2n) is 10.7. The molecule has 0 saturated heterocycles. The van der Waals surface area contributed by atoms with E-state index in [4.69, 9.17) is 9.47 Å². The molecule has 0 aliphatic rings. The maximum Gasteiger partial charge on any atom is 0.419 e. The van der Waals surface area contributed by atoms with Crippen molar-refractivity contribution in [1.82, 2.24) is 19.4 Å². The van der Waals surface area contributed by atoms with Crippen LogP contribution in [0.3, 0.4) is 0 Å². The molecule has 2 aromatic rings. The molecule has 0 radical (unpaired) electrons. The van der Waals surface area contributed by atoms with Crippen molar-refractivity contribution in [3.8, 4) is 5.82 Å². The van der Waals surface area contributed by atoms with Gasteiger partial charge in [0.2, 0.25) is 0 Å². The van der Waals surface area contributed by atoms with Crippen LogP contribution in [0, 0.1) is 12.8 Å². The molecule has 1 atom stereocenters. The van der Waals surface area contributed by atoms with Crippen LogP contribution in [0.15, 0.2) is 36.9 Å². The number of carbonyl (C=O) groups excluding carboxylic acids is 2. The minimum Gasteiger partial charge on any atom is -0.478 e. The van der Waals surface area contributed by atoms with Gasteiger partial charge in [0.05, 0.1) is 11.3 Å². The second-order valence-corrected chi connectivity index (χ2v) is 10.7. The molecule has 0 unspecified atom stereocenters. The molecule has 36 heavy (non-hydrogen) atoms. The highest BCUT2D eigenvalue weighted by Gasteiger charge is 2.32. The fourth-order valence-electron chi connectivity index (χ4n) is 3.06. The third-order valence-corrected chi connectivity index (χ3v) is 4.70. The van der Waals surface area contributed by atoms with Gasteiger partial charge in [-0.05, 0) is 72.4 Å². The number of pyridine rings is 1. The first-order chi connectivity index (χ1) is 16.6. The van der Waals surface area contributed by atoms with Gasteiger partial charge in [-0.1, -0.05) is 19.1 Å². The van der Waals surface area contributed by atoms with E-state index in [0.29, 0.717) is 5.82 Å². The third-order valence-electron chi connectivity index (χ3n) is 4.70. The minimum atomic E-state index is -1.14. The second kappa shape index (κ2) is 11.4. The number of hydrogen-bond acceptors (Lipinski definition) is 7. The quantitative estimate of drug-likeness (QED) is 0.512. The Bertz CT molecular complexity index is 1080. The Morgan fingerprint density at radius 2 is 1.64 bits per heavy atom. The van der Waals surface area contributed by atoms with Gasteiger partial charge in [-0.15, -0.1) is 0 Å². The number of aromatic nitrogens is 3. The van der Waals surface area contributed by atoms with Crippen LogP contribution in [0.4, 0.5) is 9.59 Å². The van der Waals surface area contributed by atoms with Gasteiger partial charge in [-0.25, -0.2) is 29.3 Å². The molecule has 0 saturated carbocycles. The lowest BCUT2D eigenvalue weighted by Gasteiger charge is -2.29. The summed E-state index contributed by atoms with van der Waals surface area (Å²) in [6.45, 7) is 13.9. The molecule has 1 N–H and O–H groups in total. The zero-order chi connectivity index (χ0) is 27.3. The monoisotopic (exact) mass is 500 g/mol. The van der Waals surface area contributed by atoms with Gasteiger partial charge in [0.15, 0.2) is 0 Å². The lowest BCUT2D eigenvalue weighted by Crippen LogP contribution is -2.45. The topological polar surface area (TPSA) is 124 Å². The Kier molecular flexibility index (Phi) is 9.01. The van der Waals surface area contributed by atoms with Crippen molar-refractivity contribution in [1.29, 1.82) is 0 Å². The van der Waals surface area contributed by atoms with E-state index in [2.05, 4.69) is 9.97 Å². The highest BCUT2D eigenvalue weighted by molar-refractivity contribution is 6.14. The number of amides is 2. The average Bonchev–Trinajstić information content (AvgIpc) is 3.19. The Morgan fingerprint density at radius 1 is 1.06 bits per heavy atom. The van der Waals surface area contributed by atoms with E-state index < -0.39 is 29.4 Å². The number of hydrogen-bond donors (Lipinski definition) is 1. The van der Waals surface area contributed by atoms with Gasteiger partial charge in [0.25, 0.3) is 0 Å². The molecule has 10 heteroatoms. The summed E-state index contributed by atoms with van der Waals surface area (Å²) in [5, 5.41) is 9.78. The number of allylic oxidation sites excluding steroid dienone is 1. The predicted octanol–water partition coefficient (Wildman–Crippen LogP) is 5.24. The fraction of sp³-hybridized carbons (Fsp3) is 0.500. The summed E-state index contributed by atoms with van der Waals surface area (Å²) in [6, 6.07) is 3.72. The predicted molar refractivity (Wildman–Crippen MR) is 135 cm³/mol. The van der Waals surface area contributed by atoms with Gasteiger partial charge >= 0.3 is 18.2 Å². The summed E-state index contributed by atoms with van der Waals surface area (Å²) < 4.78 is 12.4. The van der Waals surface area contributed by atoms with Gasteiger partial charge < -0.3 is 14.6 Å². The van der Waals surface area contributed by atoms with Crippen LogP contribution in [-0.2, 0) is 14.3 Å². The summed E-state index contributed by atoms with van der Waals surface area (Å²) in [5.41, 5.74) is -0.322. The Hall–Kier alpha value is -3.69. The summed E-state index contributed by atoms with van der Waals surface area (Å²) in [4.78, 5) is 46.9. The molecule has 196 valence electrons. The molecule has 0 fully saturated rings. The van der Waals surface area contributed by atoms with E-state index in [9.17, 15) is 19.5 Å². The number of aliphatic carboxylic acids is 1. The molecule has 2 amide bonds. The molecule has 0 aliphatic heterocycles. The largest absolute Gasteiger partial charge is 0.478 e. The van der Waals surface area contributed by atoms with Crippen molar-refractivity contribution in [2.45, 2.75) is 73.0 Å². The molecule has 2 heterocycles. The Balaban J connectivity index is 2.20. The van der Waals surface area contributed by atoms with Crippen molar-refractivity contribution in [2.24, 2.45) is 5.92 Å². The van der Waals surface area contributed by atoms with Gasteiger partial charge in [-0.2, -0.15) is 0 Å². The highest BCUT2D eigenvalue weighted by Crippen LogP contribution is 2.20. The molecule has 0 aliphatic carbocycles. The van der Waals surface area contributed by atoms with Crippen molar-refractivity contribution >= 4 is 23.7 Å². The number of rotatable bonds is 7. The molecule has 0 spiro atoms. The standard InChI is InChI=1S/C26H36N4O6/c1-17-10-12-21(27-13-17)29-15-20(28-16-29)19(22(31)32)11-9-18(2)14-30(23(33)35-25(3,4)5)24(34)36-26(6,7)8/h10-13,15-16,18H,9,14H2,1-8H3,(H,31,32)/t18-/m1/s1. The number of nitrogens with zero attached hydrogens (tertiary/aromatic N) is 4. The van der Waals surface area contributed by atoms with Gasteiger partial charge in [0, 0.05) is 18.9 Å². The number of carbonyl (C=O) groups is 3. The molecule has 10 nitrogen and oxygen atoms in total. The molecule has 2 aromatic heterocycles. The van der Waals surface area contributed by atoms with E-state index in [1.54, 1.807) is 65.4 Å². The van der Waals surface area contributed by atoms with Crippen LogP contribution in [-0.4, -0.2) is 60.4 Å². The molecule has 2 rings (SSSR count). The zero-order valence-corrected chi connectivity index (χ0v) is 22.2. The number of carboxylic acid groups (broad SMARTS) is 1. The van der Waals surface area contributed by atoms with E-state index >= 15 is 0 Å². The lowest BCUT2D eigenvalue weighted by molar-refractivity contribution is -0.130. The summed E-state index contributed by atoms with van der Waals surface area (Å²) >= 11 is 0. The first-order valence-corrected chi connectivity index (χ1v) is 11.7. The van der Waals surface area contributed by atoms with E-state index in [1.165, 1.54) is 12.4 Å². The third kappa shape index (κ3) is 8.83. The lowest BCUT2D eigenvalue weighted by atomic mass is 10.0. The van der Waals surface area contributed by atoms with Crippen LogP contribution in [0.2, 0.25) is 0 Å². The summed E-state index contributed by atoms with van der Waals surface area (Å²) in [7, 11) is 0. The summed E-state index contributed by atoms with van der Waals surface area (Å²) in [5.74, 6) is -0.816. The maximum atomic E-state index is 12.7. The number of aryl methyl sites for hydroxylation is 1. The number of imide groups is 1. The van der Waals surface area contributed by atoms with E-state index in [-0.39, 0.29) is 30.2 Å². The maximum absolute atomic E-state index is 12.7. The van der Waals surface area contributed by atoms with Crippen LogP contribution in [0.5, 0.6) is 0 Å². The van der Waals surface area contributed by atoms with Crippen molar-refractivity contribution in [3.05, 3.63) is 48.2 Å². The van der Waals surface area contributed by atoms with Crippen LogP contribution >= 0.6 is 0 Å². The average molecular weight is 501 g/mol. The molecule has 0 aromatic carbocycles. The summed E-state index contributed by atoms with van der Waals surface area (Å²) in [6.07, 6.45) is 4.96. The van der Waals surface area contributed by atoms with E-state index in [1.807, 2.05) is 19.1 Å². The SMILES string of the molecule is Cc1ccc(-n2cnc(C(=CC[C@@H](C)CN(C(=O)OC(C)(C)C)C(=O)OC(C)(C)C)C(=O)O)c2)nc1. The normalized spacial score (nSPS) is 13.2. The first-order valence-electron chi connectivity index (χ1n) is 11.7. The van der Waals surface area contributed by atoms with Crippen molar-refractivity contribution < 1.29 is 29.0 Å². The van der Waals surface area contributed by atoms with Crippen LogP contribution in [0.25, 0.3) is 11.4 Å². The smallest absolute Gasteiger partial charge is 0.419 e. The molecular formula is C26H36N4O6. The number of carboxylic acids is 1. The van der Waals surface area contributed by atoms with Crippen LogP contribution in [0.1, 0.15) is 66.1 Å². The van der Waals surface area contributed by atoms with Gasteiger partial charge in [-0.3, -0.25) is 4.57 Å².